The van der Waals surface area contributed by atoms with Gasteiger partial charge in [-0.25, -0.2) is 9.18 Å². The Morgan fingerprint density at radius 3 is 2.41 bits per heavy atom. The highest BCUT2D eigenvalue weighted by molar-refractivity contribution is 5.76. The highest BCUT2D eigenvalue weighted by Gasteiger charge is 2.25. The molecule has 0 aliphatic carbocycles. The van der Waals surface area contributed by atoms with Crippen molar-refractivity contribution >= 4 is 5.97 Å². The number of aliphatic hydroxyl groups is 1. The molecule has 1 N–H and O–H groups in total. The molecule has 5 nitrogen and oxygen atoms in total. The first-order valence-corrected chi connectivity index (χ1v) is 4.72. The van der Waals surface area contributed by atoms with Crippen molar-refractivity contribution in [2.75, 3.05) is 21.3 Å². The predicted molar refractivity (Wildman–Crippen MR) is 56.5 cm³/mol. The van der Waals surface area contributed by atoms with Crippen molar-refractivity contribution in [1.82, 2.24) is 0 Å². The van der Waals surface area contributed by atoms with E-state index in [1.54, 1.807) is 0 Å². The Morgan fingerprint density at radius 2 is 1.94 bits per heavy atom. The van der Waals surface area contributed by atoms with Crippen LogP contribution in [0.15, 0.2) is 12.1 Å². The summed E-state index contributed by atoms with van der Waals surface area (Å²) < 4.78 is 27.8. The summed E-state index contributed by atoms with van der Waals surface area (Å²) in [6.45, 7) is 0. The molecule has 94 valence electrons. The third kappa shape index (κ3) is 2.65. The molecular weight excluding hydrogens is 231 g/mol. The van der Waals surface area contributed by atoms with Crippen molar-refractivity contribution in [3.63, 3.8) is 0 Å². The standard InChI is InChI=1S/C11H13FO5/c1-15-6-4-7(10(13)11(14)17-3)9(12)8(5-6)16-2/h4-5,10,13H,1-3H3. The number of ether oxygens (including phenoxy) is 3. The molecule has 0 fully saturated rings. The van der Waals surface area contributed by atoms with Crippen LogP contribution in [-0.2, 0) is 9.53 Å². The molecule has 0 aliphatic rings. The van der Waals surface area contributed by atoms with Crippen molar-refractivity contribution in [2.45, 2.75) is 6.10 Å². The van der Waals surface area contributed by atoms with Crippen molar-refractivity contribution in [3.05, 3.63) is 23.5 Å². The Balaban J connectivity index is 3.26. The zero-order chi connectivity index (χ0) is 13.0. The lowest BCUT2D eigenvalue weighted by Gasteiger charge is -2.13. The summed E-state index contributed by atoms with van der Waals surface area (Å²) in [7, 11) is 3.74. The number of benzene rings is 1. The van der Waals surface area contributed by atoms with Crippen LogP contribution in [0.1, 0.15) is 11.7 Å². The number of hydrogen-bond donors (Lipinski definition) is 1. The third-order valence-corrected chi connectivity index (χ3v) is 2.22. The summed E-state index contributed by atoms with van der Waals surface area (Å²) >= 11 is 0. The molecule has 1 rings (SSSR count). The van der Waals surface area contributed by atoms with Gasteiger partial charge >= 0.3 is 5.97 Å². The average Bonchev–Trinajstić information content (AvgIpc) is 2.37. The Morgan fingerprint density at radius 1 is 1.29 bits per heavy atom. The number of carbonyl (C=O) groups excluding carboxylic acids is 1. The highest BCUT2D eigenvalue weighted by Crippen LogP contribution is 2.31. The van der Waals surface area contributed by atoms with Crippen LogP contribution in [0, 0.1) is 5.82 Å². The number of methoxy groups -OCH3 is 3. The van der Waals surface area contributed by atoms with E-state index in [1.165, 1.54) is 26.4 Å². The zero-order valence-electron chi connectivity index (χ0n) is 9.69. The maximum absolute atomic E-state index is 13.8. The van der Waals surface area contributed by atoms with Crippen LogP contribution in [-0.4, -0.2) is 32.4 Å². The van der Waals surface area contributed by atoms with Crippen LogP contribution in [0.2, 0.25) is 0 Å². The fourth-order valence-electron chi connectivity index (χ4n) is 1.30. The number of rotatable bonds is 4. The Bertz CT molecular complexity index is 419. The van der Waals surface area contributed by atoms with E-state index in [2.05, 4.69) is 4.74 Å². The SMILES string of the molecule is COC(=O)C(O)c1cc(OC)cc(OC)c1F. The minimum atomic E-state index is -1.72. The molecule has 1 aromatic carbocycles. The first-order chi connectivity index (χ1) is 8.04. The second-order valence-corrected chi connectivity index (χ2v) is 3.16. The van der Waals surface area contributed by atoms with E-state index in [0.717, 1.165) is 7.11 Å². The molecule has 0 heterocycles. The van der Waals surface area contributed by atoms with Gasteiger partial charge in [0.25, 0.3) is 0 Å². The molecule has 0 aromatic heterocycles. The first-order valence-electron chi connectivity index (χ1n) is 4.72. The maximum Gasteiger partial charge on any atom is 0.339 e. The molecule has 0 saturated carbocycles. The molecule has 1 aromatic rings. The number of halogens is 1. The van der Waals surface area contributed by atoms with Crippen LogP contribution < -0.4 is 9.47 Å². The lowest BCUT2D eigenvalue weighted by molar-refractivity contribution is -0.150. The van der Waals surface area contributed by atoms with Crippen LogP contribution in [0.4, 0.5) is 4.39 Å². The molecule has 0 aliphatic heterocycles. The molecule has 1 atom stereocenters. The second-order valence-electron chi connectivity index (χ2n) is 3.16. The maximum atomic E-state index is 13.8. The van der Waals surface area contributed by atoms with Gasteiger partial charge in [-0.1, -0.05) is 0 Å². The number of hydrogen-bond acceptors (Lipinski definition) is 5. The first kappa shape index (κ1) is 13.2. The molecule has 6 heteroatoms. The topological polar surface area (TPSA) is 65.0 Å². The van der Waals surface area contributed by atoms with Gasteiger partial charge in [0.05, 0.1) is 21.3 Å². The van der Waals surface area contributed by atoms with Crippen LogP contribution in [0.3, 0.4) is 0 Å². The monoisotopic (exact) mass is 244 g/mol. The Hall–Kier alpha value is -1.82. The smallest absolute Gasteiger partial charge is 0.339 e. The third-order valence-electron chi connectivity index (χ3n) is 2.22. The van der Waals surface area contributed by atoms with Crippen LogP contribution in [0.5, 0.6) is 11.5 Å². The Kier molecular flexibility index (Phi) is 4.28. The van der Waals surface area contributed by atoms with Crippen LogP contribution >= 0.6 is 0 Å². The quantitative estimate of drug-likeness (QED) is 0.802. The molecule has 0 spiro atoms. The highest BCUT2D eigenvalue weighted by atomic mass is 19.1. The van der Waals surface area contributed by atoms with Gasteiger partial charge in [0.2, 0.25) is 0 Å². The van der Waals surface area contributed by atoms with Gasteiger partial charge in [-0.05, 0) is 6.07 Å². The van der Waals surface area contributed by atoms with Crippen molar-refractivity contribution in [2.24, 2.45) is 0 Å². The molecule has 1 unspecified atom stereocenters. The summed E-state index contributed by atoms with van der Waals surface area (Å²) in [5.41, 5.74) is -0.256. The van der Waals surface area contributed by atoms with Crippen molar-refractivity contribution < 1.29 is 28.5 Å². The number of carbonyl (C=O) groups is 1. The van der Waals surface area contributed by atoms with Gasteiger partial charge in [0.1, 0.15) is 5.75 Å². The number of aliphatic hydroxyl groups excluding tert-OH is 1. The van der Waals surface area contributed by atoms with Crippen LogP contribution in [0.25, 0.3) is 0 Å². The molecule has 17 heavy (non-hydrogen) atoms. The lowest BCUT2D eigenvalue weighted by atomic mass is 10.1. The largest absolute Gasteiger partial charge is 0.497 e. The van der Waals surface area contributed by atoms with Gasteiger partial charge in [-0.15, -0.1) is 0 Å². The molecule has 0 saturated heterocycles. The fourth-order valence-corrected chi connectivity index (χ4v) is 1.30. The van der Waals surface area contributed by atoms with E-state index >= 15 is 0 Å². The minimum Gasteiger partial charge on any atom is -0.497 e. The van der Waals surface area contributed by atoms with Crippen molar-refractivity contribution in [3.8, 4) is 11.5 Å². The minimum absolute atomic E-state index is 0.123. The van der Waals surface area contributed by atoms with E-state index in [-0.39, 0.29) is 17.1 Å². The Labute approximate surface area is 97.7 Å². The number of esters is 1. The molecule has 0 bridgehead atoms. The van der Waals surface area contributed by atoms with E-state index in [0.29, 0.717) is 0 Å². The average molecular weight is 244 g/mol. The van der Waals surface area contributed by atoms with Gasteiger partial charge in [0.15, 0.2) is 17.7 Å². The van der Waals surface area contributed by atoms with E-state index in [1.807, 2.05) is 0 Å². The summed E-state index contributed by atoms with van der Waals surface area (Å²) in [5, 5.41) is 9.58. The van der Waals surface area contributed by atoms with E-state index in [4.69, 9.17) is 9.47 Å². The molecular formula is C11H13FO5. The van der Waals surface area contributed by atoms with Gasteiger partial charge in [0, 0.05) is 11.6 Å². The molecule has 0 amide bonds. The summed E-state index contributed by atoms with van der Waals surface area (Å²) in [6, 6.07) is 2.52. The molecule has 0 radical (unpaired) electrons. The fraction of sp³-hybridized carbons (Fsp3) is 0.364. The normalized spacial score (nSPS) is 11.8. The van der Waals surface area contributed by atoms with Gasteiger partial charge in [-0.3, -0.25) is 0 Å². The second kappa shape index (κ2) is 5.49. The summed E-state index contributed by atoms with van der Waals surface area (Å²) in [4.78, 5) is 11.1. The van der Waals surface area contributed by atoms with Gasteiger partial charge < -0.3 is 19.3 Å². The van der Waals surface area contributed by atoms with Crippen molar-refractivity contribution in [1.29, 1.82) is 0 Å². The van der Waals surface area contributed by atoms with E-state index in [9.17, 15) is 14.3 Å². The van der Waals surface area contributed by atoms with E-state index < -0.39 is 17.9 Å². The zero-order valence-corrected chi connectivity index (χ0v) is 9.69. The summed E-state index contributed by atoms with van der Waals surface area (Å²) in [5.74, 6) is -1.64. The van der Waals surface area contributed by atoms with Gasteiger partial charge in [-0.2, -0.15) is 0 Å². The summed E-state index contributed by atoms with van der Waals surface area (Å²) in [6.07, 6.45) is -1.72. The predicted octanol–water partition coefficient (Wildman–Crippen LogP) is 1.05. The lowest BCUT2D eigenvalue weighted by Crippen LogP contribution is -2.15.